The summed E-state index contributed by atoms with van der Waals surface area (Å²) in [5.41, 5.74) is 0.499. The second-order valence-corrected chi connectivity index (χ2v) is 7.85. The minimum Gasteiger partial charge on any atom is -0.0654 e. The zero-order chi connectivity index (χ0) is 14.2. The van der Waals surface area contributed by atoms with Crippen LogP contribution < -0.4 is 0 Å². The lowest BCUT2D eigenvalue weighted by Gasteiger charge is -2.26. The van der Waals surface area contributed by atoms with Crippen molar-refractivity contribution in [3.63, 3.8) is 0 Å². The van der Waals surface area contributed by atoms with E-state index in [0.29, 0.717) is 5.41 Å². The van der Waals surface area contributed by atoms with Crippen LogP contribution in [0.1, 0.15) is 93.4 Å². The van der Waals surface area contributed by atoms with Gasteiger partial charge in [-0.05, 0) is 36.0 Å². The van der Waals surface area contributed by atoms with Crippen LogP contribution in [0.3, 0.4) is 0 Å². The van der Waals surface area contributed by atoms with Crippen molar-refractivity contribution in [2.45, 2.75) is 93.4 Å². The molecule has 0 aromatic heterocycles. The third-order valence-corrected chi connectivity index (χ3v) is 4.13. The second-order valence-electron chi connectivity index (χ2n) is 7.85. The Hall–Kier alpha value is 0. The Morgan fingerprint density at radius 3 is 1.83 bits per heavy atom. The molecule has 0 nitrogen and oxygen atoms in total. The van der Waals surface area contributed by atoms with Crippen LogP contribution in [-0.2, 0) is 0 Å². The van der Waals surface area contributed by atoms with Crippen molar-refractivity contribution in [1.29, 1.82) is 0 Å². The largest absolute Gasteiger partial charge is 0.0654 e. The first kappa shape index (κ1) is 18.0. The van der Waals surface area contributed by atoms with Crippen LogP contribution in [0.5, 0.6) is 0 Å². The minimum atomic E-state index is 0.499. The van der Waals surface area contributed by atoms with Gasteiger partial charge in [-0.2, -0.15) is 0 Å². The Morgan fingerprint density at radius 1 is 0.833 bits per heavy atom. The summed E-state index contributed by atoms with van der Waals surface area (Å²) in [4.78, 5) is 0. The zero-order valence-corrected chi connectivity index (χ0v) is 14.2. The van der Waals surface area contributed by atoms with Gasteiger partial charge in [-0.3, -0.25) is 0 Å². The first-order valence-corrected chi connectivity index (χ1v) is 8.28. The first-order valence-electron chi connectivity index (χ1n) is 8.28. The van der Waals surface area contributed by atoms with Crippen LogP contribution in [0.15, 0.2) is 0 Å². The van der Waals surface area contributed by atoms with E-state index in [-0.39, 0.29) is 0 Å². The van der Waals surface area contributed by atoms with Gasteiger partial charge in [-0.15, -0.1) is 0 Å². The summed E-state index contributed by atoms with van der Waals surface area (Å²) in [5, 5.41) is 0. The molecule has 0 bridgehead atoms. The summed E-state index contributed by atoms with van der Waals surface area (Å²) in [6.07, 6.45) is 9.80. The summed E-state index contributed by atoms with van der Waals surface area (Å²) in [6.45, 7) is 16.7. The molecule has 0 amide bonds. The SMILES string of the molecule is CCCC(C)CC(C)CCC(CC)CC(C)(C)C. The van der Waals surface area contributed by atoms with Crippen LogP contribution in [-0.4, -0.2) is 0 Å². The van der Waals surface area contributed by atoms with Gasteiger partial charge in [-0.25, -0.2) is 0 Å². The highest BCUT2D eigenvalue weighted by atomic mass is 14.2. The molecule has 0 heteroatoms. The van der Waals surface area contributed by atoms with E-state index in [4.69, 9.17) is 0 Å². The predicted molar refractivity (Wildman–Crippen MR) is 84.9 cm³/mol. The van der Waals surface area contributed by atoms with Crippen molar-refractivity contribution < 1.29 is 0 Å². The number of rotatable bonds is 9. The highest BCUT2D eigenvalue weighted by Crippen LogP contribution is 2.31. The average molecular weight is 255 g/mol. The molecule has 0 saturated heterocycles. The molecule has 0 heterocycles. The fourth-order valence-electron chi connectivity index (χ4n) is 3.25. The average Bonchev–Trinajstić information content (AvgIpc) is 2.22. The third-order valence-electron chi connectivity index (χ3n) is 4.13. The Bertz CT molecular complexity index is 187. The van der Waals surface area contributed by atoms with Crippen molar-refractivity contribution >= 4 is 0 Å². The van der Waals surface area contributed by atoms with Crippen LogP contribution in [0.4, 0.5) is 0 Å². The highest BCUT2D eigenvalue weighted by molar-refractivity contribution is 4.70. The zero-order valence-electron chi connectivity index (χ0n) is 14.2. The van der Waals surface area contributed by atoms with Crippen LogP contribution in [0, 0.1) is 23.2 Å². The van der Waals surface area contributed by atoms with Crippen LogP contribution in [0.25, 0.3) is 0 Å². The van der Waals surface area contributed by atoms with Crippen molar-refractivity contribution in [3.8, 4) is 0 Å². The van der Waals surface area contributed by atoms with E-state index in [1.807, 2.05) is 0 Å². The molecule has 0 aliphatic rings. The quantitative estimate of drug-likeness (QED) is 0.430. The van der Waals surface area contributed by atoms with Crippen LogP contribution >= 0.6 is 0 Å². The fraction of sp³-hybridized carbons (Fsp3) is 1.00. The monoisotopic (exact) mass is 254 g/mol. The molecule has 0 N–H and O–H groups in total. The summed E-state index contributed by atoms with van der Waals surface area (Å²) >= 11 is 0. The van der Waals surface area contributed by atoms with Gasteiger partial charge in [0.15, 0.2) is 0 Å². The second kappa shape index (κ2) is 8.99. The molecule has 3 unspecified atom stereocenters. The van der Waals surface area contributed by atoms with Gasteiger partial charge in [-0.1, -0.05) is 80.6 Å². The fourth-order valence-corrected chi connectivity index (χ4v) is 3.25. The van der Waals surface area contributed by atoms with Gasteiger partial charge in [0, 0.05) is 0 Å². The topological polar surface area (TPSA) is 0 Å². The van der Waals surface area contributed by atoms with Crippen molar-refractivity contribution in [2.75, 3.05) is 0 Å². The molecular formula is C18H38. The van der Waals surface area contributed by atoms with E-state index in [9.17, 15) is 0 Å². The molecule has 110 valence electrons. The summed E-state index contributed by atoms with van der Waals surface area (Å²) in [6, 6.07) is 0. The van der Waals surface area contributed by atoms with Gasteiger partial charge in [0.2, 0.25) is 0 Å². The first-order chi connectivity index (χ1) is 8.28. The minimum absolute atomic E-state index is 0.499. The van der Waals surface area contributed by atoms with Crippen molar-refractivity contribution in [2.24, 2.45) is 23.2 Å². The maximum absolute atomic E-state index is 2.45. The number of hydrogen-bond donors (Lipinski definition) is 0. The van der Waals surface area contributed by atoms with E-state index in [1.54, 1.807) is 0 Å². The van der Waals surface area contributed by atoms with Gasteiger partial charge in [0.1, 0.15) is 0 Å². The Labute approximate surface area is 117 Å². The Balaban J connectivity index is 3.90. The third kappa shape index (κ3) is 9.97. The number of hydrogen-bond acceptors (Lipinski definition) is 0. The standard InChI is InChI=1S/C18H38/c1-8-10-15(3)13-16(4)11-12-17(9-2)14-18(5,6)7/h15-17H,8-14H2,1-7H3. The molecule has 0 radical (unpaired) electrons. The summed E-state index contributed by atoms with van der Waals surface area (Å²) in [5.74, 6) is 2.78. The van der Waals surface area contributed by atoms with Gasteiger partial charge < -0.3 is 0 Å². The predicted octanol–water partition coefficient (Wildman–Crippen LogP) is 6.69. The maximum atomic E-state index is 2.45. The molecule has 0 aromatic carbocycles. The molecule has 0 aliphatic heterocycles. The molecule has 18 heavy (non-hydrogen) atoms. The smallest absolute Gasteiger partial charge is 0.0380 e. The van der Waals surface area contributed by atoms with Crippen molar-refractivity contribution in [1.82, 2.24) is 0 Å². The van der Waals surface area contributed by atoms with E-state index in [1.165, 1.54) is 44.9 Å². The molecule has 0 fully saturated rings. The summed E-state index contributed by atoms with van der Waals surface area (Å²) in [7, 11) is 0. The van der Waals surface area contributed by atoms with Crippen LogP contribution in [0.2, 0.25) is 0 Å². The van der Waals surface area contributed by atoms with E-state index in [2.05, 4.69) is 48.5 Å². The molecular weight excluding hydrogens is 216 g/mol. The molecule has 0 aliphatic carbocycles. The van der Waals surface area contributed by atoms with E-state index >= 15 is 0 Å². The van der Waals surface area contributed by atoms with Gasteiger partial charge >= 0.3 is 0 Å². The normalized spacial score (nSPS) is 17.5. The lowest BCUT2D eigenvalue weighted by atomic mass is 9.80. The summed E-state index contributed by atoms with van der Waals surface area (Å²) < 4.78 is 0. The van der Waals surface area contributed by atoms with Gasteiger partial charge in [0.05, 0.1) is 0 Å². The Kier molecular flexibility index (Phi) is 8.99. The molecule has 0 saturated carbocycles. The molecule has 0 spiro atoms. The highest BCUT2D eigenvalue weighted by Gasteiger charge is 2.18. The van der Waals surface area contributed by atoms with E-state index < -0.39 is 0 Å². The maximum Gasteiger partial charge on any atom is -0.0380 e. The Morgan fingerprint density at radius 2 is 1.39 bits per heavy atom. The molecule has 3 atom stereocenters. The van der Waals surface area contributed by atoms with E-state index in [0.717, 1.165) is 17.8 Å². The van der Waals surface area contributed by atoms with Gasteiger partial charge in [0.25, 0.3) is 0 Å². The molecule has 0 rings (SSSR count). The van der Waals surface area contributed by atoms with Crippen molar-refractivity contribution in [3.05, 3.63) is 0 Å². The lowest BCUT2D eigenvalue weighted by Crippen LogP contribution is -2.14. The lowest BCUT2D eigenvalue weighted by molar-refractivity contribution is 0.255. The molecule has 0 aromatic rings.